The van der Waals surface area contributed by atoms with Crippen LogP contribution in [0, 0.1) is 6.92 Å². The Morgan fingerprint density at radius 1 is 1.17 bits per heavy atom. The maximum atomic E-state index is 11.7. The summed E-state index contributed by atoms with van der Waals surface area (Å²) in [5.41, 5.74) is 2.20. The van der Waals surface area contributed by atoms with E-state index in [9.17, 15) is 4.79 Å². The average molecular weight is 240 g/mol. The van der Waals surface area contributed by atoms with Crippen molar-refractivity contribution in [2.45, 2.75) is 13.5 Å². The Labute approximate surface area is 103 Å². The molecule has 3 aromatic rings. The number of rotatable bonds is 2. The van der Waals surface area contributed by atoms with E-state index in [4.69, 9.17) is 0 Å². The maximum absolute atomic E-state index is 11.7. The first-order valence-corrected chi connectivity index (χ1v) is 5.69. The lowest BCUT2D eigenvalue weighted by Gasteiger charge is -2.01. The Bertz CT molecular complexity index is 724. The summed E-state index contributed by atoms with van der Waals surface area (Å²) < 4.78 is 3.48. The summed E-state index contributed by atoms with van der Waals surface area (Å²) in [6, 6.07) is 7.63. The second kappa shape index (κ2) is 4.10. The molecule has 0 aliphatic rings. The molecular weight excluding hydrogens is 228 g/mol. The van der Waals surface area contributed by atoms with Crippen molar-refractivity contribution in [2.24, 2.45) is 0 Å². The van der Waals surface area contributed by atoms with Gasteiger partial charge in [0.2, 0.25) is 0 Å². The van der Waals surface area contributed by atoms with Crippen LogP contribution in [0.4, 0.5) is 0 Å². The van der Waals surface area contributed by atoms with Crippen molar-refractivity contribution in [1.82, 2.24) is 18.9 Å². The molecule has 0 atom stereocenters. The monoisotopic (exact) mass is 240 g/mol. The fourth-order valence-electron chi connectivity index (χ4n) is 1.87. The quantitative estimate of drug-likeness (QED) is 0.677. The number of nitrogens with zero attached hydrogens (tertiary/aromatic N) is 4. The van der Waals surface area contributed by atoms with Crippen molar-refractivity contribution < 1.29 is 0 Å². The molecular formula is C13H12N4O. The largest absolute Gasteiger partial charge is 0.348 e. The Morgan fingerprint density at radius 2 is 2.06 bits per heavy atom. The molecule has 0 saturated heterocycles. The minimum atomic E-state index is -0.243. The molecule has 5 heteroatoms. The summed E-state index contributed by atoms with van der Waals surface area (Å²) in [5.74, 6) is 0. The summed E-state index contributed by atoms with van der Waals surface area (Å²) in [6.45, 7) is 2.24. The number of aromatic nitrogens is 4. The second-order valence-corrected chi connectivity index (χ2v) is 4.18. The Balaban J connectivity index is 1.98. The van der Waals surface area contributed by atoms with Crippen molar-refractivity contribution in [1.29, 1.82) is 0 Å². The molecule has 3 heterocycles. The Kier molecular flexibility index (Phi) is 2.44. The van der Waals surface area contributed by atoms with Crippen LogP contribution in [0.15, 0.2) is 47.7 Å². The summed E-state index contributed by atoms with van der Waals surface area (Å²) in [6.07, 6.45) is 5.60. The third-order valence-electron chi connectivity index (χ3n) is 2.76. The van der Waals surface area contributed by atoms with Crippen LogP contribution in [0.25, 0.3) is 5.65 Å². The summed E-state index contributed by atoms with van der Waals surface area (Å²) in [5, 5.41) is 0. The SMILES string of the molecule is Cc1ccn(Cc2cn3ccccc3n2)c(=O)n1. The molecule has 0 unspecified atom stereocenters. The van der Waals surface area contributed by atoms with Gasteiger partial charge in [-0.05, 0) is 25.1 Å². The lowest BCUT2D eigenvalue weighted by atomic mass is 10.4. The molecule has 18 heavy (non-hydrogen) atoms. The molecule has 0 N–H and O–H groups in total. The normalized spacial score (nSPS) is 10.9. The molecule has 0 amide bonds. The van der Waals surface area contributed by atoms with E-state index in [1.54, 1.807) is 17.7 Å². The van der Waals surface area contributed by atoms with Gasteiger partial charge >= 0.3 is 5.69 Å². The molecule has 0 aliphatic heterocycles. The van der Waals surface area contributed by atoms with Gasteiger partial charge in [0.1, 0.15) is 5.65 Å². The van der Waals surface area contributed by atoms with Crippen molar-refractivity contribution in [3.63, 3.8) is 0 Å². The molecule has 3 rings (SSSR count). The van der Waals surface area contributed by atoms with Gasteiger partial charge < -0.3 is 4.40 Å². The Hall–Kier alpha value is -2.43. The van der Waals surface area contributed by atoms with E-state index < -0.39 is 0 Å². The third kappa shape index (κ3) is 1.90. The highest BCUT2D eigenvalue weighted by Gasteiger charge is 2.03. The van der Waals surface area contributed by atoms with E-state index in [0.29, 0.717) is 6.54 Å². The molecule has 90 valence electrons. The van der Waals surface area contributed by atoms with Crippen molar-refractivity contribution in [2.75, 3.05) is 0 Å². The van der Waals surface area contributed by atoms with Crippen LogP contribution in [0.2, 0.25) is 0 Å². The molecule has 5 nitrogen and oxygen atoms in total. The summed E-state index contributed by atoms with van der Waals surface area (Å²) in [4.78, 5) is 20.0. The lowest BCUT2D eigenvalue weighted by Crippen LogP contribution is -2.23. The van der Waals surface area contributed by atoms with Gasteiger partial charge in [-0.25, -0.2) is 9.78 Å². The van der Waals surface area contributed by atoms with Crippen LogP contribution in [-0.2, 0) is 6.54 Å². The van der Waals surface area contributed by atoms with Gasteiger partial charge in [-0.3, -0.25) is 4.57 Å². The van der Waals surface area contributed by atoms with E-state index in [0.717, 1.165) is 17.0 Å². The first kappa shape index (κ1) is 10.7. The number of hydrogen-bond acceptors (Lipinski definition) is 3. The standard InChI is InChI=1S/C13H12N4O/c1-10-5-7-17(13(18)14-10)9-11-8-16-6-3-2-4-12(16)15-11/h2-8H,9H2,1H3. The lowest BCUT2D eigenvalue weighted by molar-refractivity contribution is 0.709. The van der Waals surface area contributed by atoms with Crippen LogP contribution in [0.1, 0.15) is 11.4 Å². The minimum absolute atomic E-state index is 0.243. The number of pyridine rings is 1. The highest BCUT2D eigenvalue weighted by Crippen LogP contribution is 2.05. The molecule has 0 aliphatic carbocycles. The average Bonchev–Trinajstić information content (AvgIpc) is 2.75. The van der Waals surface area contributed by atoms with Gasteiger partial charge in [-0.2, -0.15) is 4.98 Å². The zero-order chi connectivity index (χ0) is 12.5. The summed E-state index contributed by atoms with van der Waals surface area (Å²) >= 11 is 0. The number of hydrogen-bond donors (Lipinski definition) is 0. The van der Waals surface area contributed by atoms with Crippen molar-refractivity contribution >= 4 is 5.65 Å². The number of aryl methyl sites for hydroxylation is 1. The van der Waals surface area contributed by atoms with Gasteiger partial charge in [0.15, 0.2) is 0 Å². The van der Waals surface area contributed by atoms with E-state index in [1.807, 2.05) is 41.1 Å². The predicted molar refractivity (Wildman–Crippen MR) is 67.5 cm³/mol. The minimum Gasteiger partial charge on any atom is -0.307 e. The number of imidazole rings is 1. The fraction of sp³-hybridized carbons (Fsp3) is 0.154. The predicted octanol–water partition coefficient (Wildman–Crippen LogP) is 1.25. The molecule has 0 radical (unpaired) electrons. The molecule has 3 aromatic heterocycles. The number of fused-ring (bicyclic) bond motifs is 1. The molecule has 0 saturated carbocycles. The zero-order valence-corrected chi connectivity index (χ0v) is 9.95. The van der Waals surface area contributed by atoms with Crippen LogP contribution < -0.4 is 5.69 Å². The topological polar surface area (TPSA) is 52.2 Å². The summed E-state index contributed by atoms with van der Waals surface area (Å²) in [7, 11) is 0. The molecule has 0 spiro atoms. The molecule has 0 aromatic carbocycles. The maximum Gasteiger partial charge on any atom is 0.348 e. The van der Waals surface area contributed by atoms with Crippen molar-refractivity contribution in [3.05, 3.63) is 64.7 Å². The van der Waals surface area contributed by atoms with Crippen molar-refractivity contribution in [3.8, 4) is 0 Å². The third-order valence-corrected chi connectivity index (χ3v) is 2.76. The smallest absolute Gasteiger partial charge is 0.307 e. The van der Waals surface area contributed by atoms with Crippen LogP contribution >= 0.6 is 0 Å². The second-order valence-electron chi connectivity index (χ2n) is 4.18. The van der Waals surface area contributed by atoms with Crippen LogP contribution in [-0.4, -0.2) is 18.9 Å². The fourth-order valence-corrected chi connectivity index (χ4v) is 1.87. The van der Waals surface area contributed by atoms with Crippen LogP contribution in [0.3, 0.4) is 0 Å². The van der Waals surface area contributed by atoms with Gasteiger partial charge in [0.25, 0.3) is 0 Å². The van der Waals surface area contributed by atoms with E-state index in [1.165, 1.54) is 0 Å². The molecule has 0 bridgehead atoms. The van der Waals surface area contributed by atoms with Gasteiger partial charge in [-0.15, -0.1) is 0 Å². The van der Waals surface area contributed by atoms with E-state index in [-0.39, 0.29) is 5.69 Å². The van der Waals surface area contributed by atoms with Gasteiger partial charge in [0.05, 0.1) is 12.2 Å². The van der Waals surface area contributed by atoms with E-state index >= 15 is 0 Å². The first-order chi connectivity index (χ1) is 8.72. The zero-order valence-electron chi connectivity index (χ0n) is 9.95. The first-order valence-electron chi connectivity index (χ1n) is 5.69. The van der Waals surface area contributed by atoms with Gasteiger partial charge in [0, 0.05) is 24.3 Å². The highest BCUT2D eigenvalue weighted by molar-refractivity contribution is 5.39. The highest BCUT2D eigenvalue weighted by atomic mass is 16.1. The Morgan fingerprint density at radius 3 is 2.83 bits per heavy atom. The molecule has 0 fully saturated rings. The van der Waals surface area contributed by atoms with Gasteiger partial charge in [-0.1, -0.05) is 6.07 Å². The van der Waals surface area contributed by atoms with Crippen LogP contribution in [0.5, 0.6) is 0 Å². The van der Waals surface area contributed by atoms with E-state index in [2.05, 4.69) is 9.97 Å².